The van der Waals surface area contributed by atoms with E-state index in [1.165, 1.54) is 0 Å². The van der Waals surface area contributed by atoms with Crippen molar-refractivity contribution in [3.63, 3.8) is 0 Å². The maximum Gasteiger partial charge on any atom is 0.256 e. The Hall–Kier alpha value is -1.84. The van der Waals surface area contributed by atoms with Crippen LogP contribution < -0.4 is 4.90 Å². The number of nitrogens with zero attached hydrogens (tertiary/aromatic N) is 2. The molecule has 1 aliphatic carbocycles. The normalized spacial score (nSPS) is 26.2. The van der Waals surface area contributed by atoms with Crippen LogP contribution in [0.1, 0.15) is 36.0 Å². The molecule has 0 N–H and O–H groups in total. The smallest absolute Gasteiger partial charge is 0.256 e. The number of hydrogen-bond donors (Lipinski definition) is 0. The van der Waals surface area contributed by atoms with Crippen LogP contribution in [0, 0.1) is 0 Å². The van der Waals surface area contributed by atoms with Gasteiger partial charge in [0.1, 0.15) is 6.04 Å². The quantitative estimate of drug-likeness (QED) is 0.768. The van der Waals surface area contributed by atoms with E-state index in [-0.39, 0.29) is 17.9 Å². The van der Waals surface area contributed by atoms with Crippen LogP contribution in [0.5, 0.6) is 0 Å². The number of para-hydroxylation sites is 1. The van der Waals surface area contributed by atoms with E-state index >= 15 is 0 Å². The van der Waals surface area contributed by atoms with Crippen molar-refractivity contribution in [2.75, 3.05) is 11.4 Å². The van der Waals surface area contributed by atoms with Gasteiger partial charge in [-0.3, -0.25) is 9.59 Å². The van der Waals surface area contributed by atoms with Gasteiger partial charge in [-0.1, -0.05) is 12.1 Å². The highest BCUT2D eigenvalue weighted by molar-refractivity contribution is 6.11. The molecule has 4 rings (SSSR count). The molecule has 19 heavy (non-hydrogen) atoms. The lowest BCUT2D eigenvalue weighted by atomic mass is 10.1. The fourth-order valence-electron chi connectivity index (χ4n) is 3.27. The Balaban J connectivity index is 1.89. The van der Waals surface area contributed by atoms with E-state index in [1.54, 1.807) is 4.90 Å². The molecule has 2 aliphatic heterocycles. The van der Waals surface area contributed by atoms with Gasteiger partial charge in [0.25, 0.3) is 5.91 Å². The number of anilines is 1. The van der Waals surface area contributed by atoms with Crippen molar-refractivity contribution in [3.05, 3.63) is 29.8 Å². The Morgan fingerprint density at radius 3 is 2.63 bits per heavy atom. The van der Waals surface area contributed by atoms with Crippen LogP contribution in [0.15, 0.2) is 24.3 Å². The van der Waals surface area contributed by atoms with Gasteiger partial charge in [-0.2, -0.15) is 0 Å². The number of fused-ring (bicyclic) bond motifs is 2. The molecule has 1 aromatic carbocycles. The SMILES string of the molecule is O=C1[C@H]2CCCN2C(=O)c2ccccc2N1C1CC1. The molecule has 98 valence electrons. The Morgan fingerprint density at radius 2 is 1.84 bits per heavy atom. The van der Waals surface area contributed by atoms with Crippen molar-refractivity contribution in [1.82, 2.24) is 4.90 Å². The summed E-state index contributed by atoms with van der Waals surface area (Å²) in [6.07, 6.45) is 3.85. The fourth-order valence-corrected chi connectivity index (χ4v) is 3.27. The molecule has 2 heterocycles. The molecule has 0 aromatic heterocycles. The van der Waals surface area contributed by atoms with E-state index in [2.05, 4.69) is 0 Å². The molecule has 1 aromatic rings. The number of amides is 2. The van der Waals surface area contributed by atoms with Gasteiger partial charge in [0.15, 0.2) is 0 Å². The minimum Gasteiger partial charge on any atom is -0.327 e. The minimum atomic E-state index is -0.236. The Morgan fingerprint density at radius 1 is 1.05 bits per heavy atom. The van der Waals surface area contributed by atoms with Crippen molar-refractivity contribution in [2.24, 2.45) is 0 Å². The van der Waals surface area contributed by atoms with E-state index < -0.39 is 0 Å². The molecule has 0 bridgehead atoms. The zero-order valence-electron chi connectivity index (χ0n) is 10.7. The lowest BCUT2D eigenvalue weighted by Gasteiger charge is -2.25. The highest BCUT2D eigenvalue weighted by Crippen LogP contribution is 2.39. The second-order valence-electron chi connectivity index (χ2n) is 5.61. The molecule has 2 amide bonds. The van der Waals surface area contributed by atoms with Gasteiger partial charge >= 0.3 is 0 Å². The molecular formula is C15H16N2O2. The fraction of sp³-hybridized carbons (Fsp3) is 0.467. The van der Waals surface area contributed by atoms with Crippen molar-refractivity contribution in [3.8, 4) is 0 Å². The molecule has 0 unspecified atom stereocenters. The second-order valence-corrected chi connectivity index (χ2v) is 5.61. The molecule has 4 heteroatoms. The molecule has 2 fully saturated rings. The summed E-state index contributed by atoms with van der Waals surface area (Å²) >= 11 is 0. The molecule has 0 spiro atoms. The van der Waals surface area contributed by atoms with Gasteiger partial charge in [-0.25, -0.2) is 0 Å². The monoisotopic (exact) mass is 256 g/mol. The second kappa shape index (κ2) is 3.83. The third kappa shape index (κ3) is 1.52. The maximum absolute atomic E-state index is 12.7. The maximum atomic E-state index is 12.7. The first-order chi connectivity index (χ1) is 9.27. The predicted molar refractivity (Wildman–Crippen MR) is 71.0 cm³/mol. The molecule has 0 radical (unpaired) electrons. The summed E-state index contributed by atoms with van der Waals surface area (Å²) in [6, 6.07) is 7.61. The van der Waals surface area contributed by atoms with Crippen LogP contribution in [0.3, 0.4) is 0 Å². The van der Waals surface area contributed by atoms with Crippen LogP contribution in [-0.4, -0.2) is 35.3 Å². The van der Waals surface area contributed by atoms with Crippen LogP contribution in [-0.2, 0) is 4.79 Å². The first kappa shape index (κ1) is 11.0. The van der Waals surface area contributed by atoms with E-state index in [4.69, 9.17) is 0 Å². The topological polar surface area (TPSA) is 40.6 Å². The van der Waals surface area contributed by atoms with Crippen molar-refractivity contribution < 1.29 is 9.59 Å². The van der Waals surface area contributed by atoms with E-state index in [9.17, 15) is 9.59 Å². The average Bonchev–Trinajstić information content (AvgIpc) is 3.15. The molecular weight excluding hydrogens is 240 g/mol. The Labute approximate surface area is 112 Å². The van der Waals surface area contributed by atoms with Gasteiger partial charge in [0.2, 0.25) is 5.91 Å². The molecule has 1 atom stereocenters. The predicted octanol–water partition coefficient (Wildman–Crippen LogP) is 1.80. The minimum absolute atomic E-state index is 0.0228. The number of benzene rings is 1. The van der Waals surface area contributed by atoms with Crippen molar-refractivity contribution in [1.29, 1.82) is 0 Å². The first-order valence-corrected chi connectivity index (χ1v) is 7.00. The number of rotatable bonds is 1. The van der Waals surface area contributed by atoms with Gasteiger partial charge < -0.3 is 9.80 Å². The van der Waals surface area contributed by atoms with Crippen molar-refractivity contribution >= 4 is 17.5 Å². The highest BCUT2D eigenvalue weighted by Gasteiger charge is 2.46. The third-order valence-electron chi connectivity index (χ3n) is 4.34. The zero-order valence-corrected chi connectivity index (χ0v) is 10.7. The number of carbonyl (C=O) groups excluding carboxylic acids is 2. The standard InChI is InChI=1S/C15H16N2O2/c18-14-11-4-1-2-5-12(11)17(10-7-8-10)15(19)13-6-3-9-16(13)14/h1-2,4-5,10,13H,3,6-9H2/t13-/m1/s1. The highest BCUT2D eigenvalue weighted by atomic mass is 16.2. The van der Waals surface area contributed by atoms with Gasteiger partial charge in [0, 0.05) is 12.6 Å². The summed E-state index contributed by atoms with van der Waals surface area (Å²) in [7, 11) is 0. The zero-order chi connectivity index (χ0) is 13.0. The third-order valence-corrected chi connectivity index (χ3v) is 4.34. The first-order valence-electron chi connectivity index (χ1n) is 7.00. The van der Waals surface area contributed by atoms with Gasteiger partial charge in [-0.05, 0) is 37.8 Å². The largest absolute Gasteiger partial charge is 0.327 e. The van der Waals surface area contributed by atoms with E-state index in [0.29, 0.717) is 18.2 Å². The van der Waals surface area contributed by atoms with Crippen molar-refractivity contribution in [2.45, 2.75) is 37.8 Å². The summed E-state index contributed by atoms with van der Waals surface area (Å²) in [6.45, 7) is 0.710. The van der Waals surface area contributed by atoms with Crippen LogP contribution in [0.2, 0.25) is 0 Å². The average molecular weight is 256 g/mol. The van der Waals surface area contributed by atoms with Gasteiger partial charge in [0.05, 0.1) is 11.3 Å². The summed E-state index contributed by atoms with van der Waals surface area (Å²) < 4.78 is 0. The molecule has 4 nitrogen and oxygen atoms in total. The van der Waals surface area contributed by atoms with Crippen LogP contribution in [0.4, 0.5) is 5.69 Å². The Bertz CT molecular complexity index is 565. The number of hydrogen-bond acceptors (Lipinski definition) is 2. The molecule has 1 saturated heterocycles. The summed E-state index contributed by atoms with van der Waals surface area (Å²) in [5.41, 5.74) is 1.50. The summed E-state index contributed by atoms with van der Waals surface area (Å²) in [5.74, 6) is 0.146. The van der Waals surface area contributed by atoms with E-state index in [0.717, 1.165) is 31.4 Å². The summed E-state index contributed by atoms with van der Waals surface area (Å²) in [5, 5.41) is 0. The van der Waals surface area contributed by atoms with Gasteiger partial charge in [-0.15, -0.1) is 0 Å². The van der Waals surface area contributed by atoms with Crippen LogP contribution >= 0.6 is 0 Å². The Kier molecular flexibility index (Phi) is 2.22. The molecule has 3 aliphatic rings. The molecule has 1 saturated carbocycles. The van der Waals surface area contributed by atoms with E-state index in [1.807, 2.05) is 29.2 Å². The van der Waals surface area contributed by atoms with Crippen LogP contribution in [0.25, 0.3) is 0 Å². The lowest BCUT2D eigenvalue weighted by Crippen LogP contribution is -2.45. The lowest BCUT2D eigenvalue weighted by molar-refractivity contribution is -0.122. The number of carbonyl (C=O) groups is 2. The summed E-state index contributed by atoms with van der Waals surface area (Å²) in [4.78, 5) is 29.0.